The van der Waals surface area contributed by atoms with Crippen LogP contribution in [0.5, 0.6) is 11.5 Å². The number of benzene rings is 1. The fraction of sp³-hybridized carbons (Fsp3) is 0.273. The lowest BCUT2D eigenvalue weighted by molar-refractivity contribution is 0.174. The fourth-order valence-electron chi connectivity index (χ4n) is 1.79. The van der Waals surface area contributed by atoms with Gasteiger partial charge < -0.3 is 15.2 Å². The fourth-order valence-corrected chi connectivity index (χ4v) is 2.05. The van der Waals surface area contributed by atoms with Crippen LogP contribution in [0.15, 0.2) is 18.3 Å². The second kappa shape index (κ2) is 4.47. The number of ether oxygens (including phenoxy) is 2. The zero-order valence-electron chi connectivity index (χ0n) is 9.47. The summed E-state index contributed by atoms with van der Waals surface area (Å²) in [5.74, 6) is 1.21. The number of nitrogens with two attached hydrogens (primary N) is 1. The molecule has 18 heavy (non-hydrogen) atoms. The van der Waals surface area contributed by atoms with Crippen LogP contribution in [0.1, 0.15) is 0 Å². The molecule has 94 valence electrons. The van der Waals surface area contributed by atoms with Gasteiger partial charge in [-0.1, -0.05) is 16.8 Å². The Morgan fingerprint density at radius 3 is 3.11 bits per heavy atom. The Balaban J connectivity index is 1.98. The van der Waals surface area contributed by atoms with Gasteiger partial charge in [0.2, 0.25) is 6.79 Å². The van der Waals surface area contributed by atoms with Crippen molar-refractivity contribution in [2.45, 2.75) is 6.54 Å². The zero-order chi connectivity index (χ0) is 12.5. The van der Waals surface area contributed by atoms with E-state index in [1.54, 1.807) is 10.7 Å². The molecule has 6 nitrogen and oxygen atoms in total. The molecule has 1 aromatic carbocycles. The minimum Gasteiger partial charge on any atom is -0.454 e. The van der Waals surface area contributed by atoms with Crippen molar-refractivity contribution in [2.75, 3.05) is 13.3 Å². The Hall–Kier alpha value is -1.79. The topological polar surface area (TPSA) is 75.2 Å². The standard InChI is InChI=1S/C11H11ClN4O2/c12-8-3-7(4-10-11(8)18-6-17-10)9-5-16(2-1-13)15-14-9/h3-5H,1-2,6,13H2. The maximum Gasteiger partial charge on any atom is 0.231 e. The van der Waals surface area contributed by atoms with Gasteiger partial charge in [-0.15, -0.1) is 5.10 Å². The molecular formula is C11H11ClN4O2. The third-order valence-electron chi connectivity index (χ3n) is 2.62. The van der Waals surface area contributed by atoms with E-state index in [0.717, 1.165) is 11.3 Å². The van der Waals surface area contributed by atoms with E-state index in [1.807, 2.05) is 12.3 Å². The SMILES string of the molecule is NCCn1cc(-c2cc(Cl)c3c(c2)OCO3)nn1. The van der Waals surface area contributed by atoms with Gasteiger partial charge in [0.1, 0.15) is 5.69 Å². The van der Waals surface area contributed by atoms with E-state index >= 15 is 0 Å². The molecule has 1 aromatic heterocycles. The van der Waals surface area contributed by atoms with E-state index in [4.69, 9.17) is 26.8 Å². The first-order valence-corrected chi connectivity index (χ1v) is 5.85. The molecule has 1 aliphatic heterocycles. The molecule has 0 aliphatic carbocycles. The Morgan fingerprint density at radius 2 is 2.28 bits per heavy atom. The van der Waals surface area contributed by atoms with E-state index in [2.05, 4.69) is 10.3 Å². The molecule has 0 fully saturated rings. The monoisotopic (exact) mass is 266 g/mol. The minimum atomic E-state index is 0.193. The van der Waals surface area contributed by atoms with Crippen LogP contribution in [-0.2, 0) is 6.54 Å². The summed E-state index contributed by atoms with van der Waals surface area (Å²) in [7, 11) is 0. The number of aromatic nitrogens is 3. The summed E-state index contributed by atoms with van der Waals surface area (Å²) in [6.45, 7) is 1.34. The molecule has 0 saturated heterocycles. The predicted octanol–water partition coefficient (Wildman–Crippen LogP) is 1.29. The second-order valence-electron chi connectivity index (χ2n) is 3.85. The van der Waals surface area contributed by atoms with E-state index in [1.165, 1.54) is 0 Å². The van der Waals surface area contributed by atoms with E-state index in [9.17, 15) is 0 Å². The Kier molecular flexibility index (Phi) is 2.81. The van der Waals surface area contributed by atoms with Crippen LogP contribution >= 0.6 is 11.6 Å². The van der Waals surface area contributed by atoms with Gasteiger partial charge in [-0.05, 0) is 12.1 Å². The summed E-state index contributed by atoms with van der Waals surface area (Å²) in [6, 6.07) is 3.62. The first kappa shape index (κ1) is 11.3. The summed E-state index contributed by atoms with van der Waals surface area (Å²) < 4.78 is 12.3. The summed E-state index contributed by atoms with van der Waals surface area (Å²) in [4.78, 5) is 0. The molecule has 0 bridgehead atoms. The van der Waals surface area contributed by atoms with Gasteiger partial charge in [-0.3, -0.25) is 4.68 Å². The van der Waals surface area contributed by atoms with Gasteiger partial charge >= 0.3 is 0 Å². The average Bonchev–Trinajstić information content (AvgIpc) is 2.97. The van der Waals surface area contributed by atoms with E-state index < -0.39 is 0 Å². The number of nitrogens with zero attached hydrogens (tertiary/aromatic N) is 3. The Labute approximate surface area is 108 Å². The smallest absolute Gasteiger partial charge is 0.231 e. The summed E-state index contributed by atoms with van der Waals surface area (Å²) >= 11 is 6.11. The van der Waals surface area contributed by atoms with E-state index in [0.29, 0.717) is 29.6 Å². The Morgan fingerprint density at radius 1 is 1.39 bits per heavy atom. The molecule has 2 aromatic rings. The molecule has 1 aliphatic rings. The highest BCUT2D eigenvalue weighted by Gasteiger charge is 2.19. The van der Waals surface area contributed by atoms with Crippen LogP contribution in [0.2, 0.25) is 5.02 Å². The highest BCUT2D eigenvalue weighted by Crippen LogP contribution is 2.41. The number of hydrogen-bond donors (Lipinski definition) is 1. The molecule has 7 heteroatoms. The van der Waals surface area contributed by atoms with Crippen LogP contribution in [-0.4, -0.2) is 28.3 Å². The quantitative estimate of drug-likeness (QED) is 0.906. The molecule has 0 saturated carbocycles. The number of rotatable bonds is 3. The summed E-state index contributed by atoms with van der Waals surface area (Å²) in [5.41, 5.74) is 7.03. The molecule has 0 atom stereocenters. The lowest BCUT2D eigenvalue weighted by atomic mass is 10.1. The van der Waals surface area contributed by atoms with Crippen LogP contribution in [0.4, 0.5) is 0 Å². The number of fused-ring (bicyclic) bond motifs is 1. The summed E-state index contributed by atoms with van der Waals surface area (Å²) in [6.07, 6.45) is 1.82. The zero-order valence-corrected chi connectivity index (χ0v) is 10.2. The highest BCUT2D eigenvalue weighted by molar-refractivity contribution is 6.32. The van der Waals surface area contributed by atoms with Gasteiger partial charge in [0, 0.05) is 12.1 Å². The average molecular weight is 267 g/mol. The van der Waals surface area contributed by atoms with Crippen molar-refractivity contribution in [3.05, 3.63) is 23.4 Å². The van der Waals surface area contributed by atoms with Crippen LogP contribution in [0.3, 0.4) is 0 Å². The molecular weight excluding hydrogens is 256 g/mol. The van der Waals surface area contributed by atoms with Crippen molar-refractivity contribution in [1.82, 2.24) is 15.0 Å². The molecule has 2 N–H and O–H groups in total. The van der Waals surface area contributed by atoms with Crippen molar-refractivity contribution >= 4 is 11.6 Å². The maximum atomic E-state index is 6.11. The van der Waals surface area contributed by atoms with Crippen molar-refractivity contribution in [3.8, 4) is 22.8 Å². The van der Waals surface area contributed by atoms with Crippen LogP contribution < -0.4 is 15.2 Å². The molecule has 0 radical (unpaired) electrons. The van der Waals surface area contributed by atoms with Gasteiger partial charge in [0.25, 0.3) is 0 Å². The molecule has 3 rings (SSSR count). The van der Waals surface area contributed by atoms with E-state index in [-0.39, 0.29) is 6.79 Å². The van der Waals surface area contributed by atoms with Crippen molar-refractivity contribution in [2.24, 2.45) is 5.73 Å². The third kappa shape index (κ3) is 1.89. The van der Waals surface area contributed by atoms with Crippen LogP contribution in [0.25, 0.3) is 11.3 Å². The maximum absolute atomic E-state index is 6.11. The summed E-state index contributed by atoms with van der Waals surface area (Å²) in [5, 5.41) is 8.56. The lowest BCUT2D eigenvalue weighted by Gasteiger charge is -2.01. The Bertz CT molecular complexity index is 584. The lowest BCUT2D eigenvalue weighted by Crippen LogP contribution is -2.10. The number of halogens is 1. The minimum absolute atomic E-state index is 0.193. The molecule has 0 unspecified atom stereocenters. The normalized spacial score (nSPS) is 13.0. The van der Waals surface area contributed by atoms with Gasteiger partial charge in [0.15, 0.2) is 11.5 Å². The molecule has 2 heterocycles. The number of hydrogen-bond acceptors (Lipinski definition) is 5. The van der Waals surface area contributed by atoms with Crippen molar-refractivity contribution in [3.63, 3.8) is 0 Å². The predicted molar refractivity (Wildman–Crippen MR) is 65.6 cm³/mol. The van der Waals surface area contributed by atoms with Crippen molar-refractivity contribution < 1.29 is 9.47 Å². The third-order valence-corrected chi connectivity index (χ3v) is 2.90. The molecule has 0 spiro atoms. The van der Waals surface area contributed by atoms with Gasteiger partial charge in [-0.2, -0.15) is 0 Å². The molecule has 0 amide bonds. The van der Waals surface area contributed by atoms with Gasteiger partial charge in [0.05, 0.1) is 17.8 Å². The first-order chi connectivity index (χ1) is 8.78. The highest BCUT2D eigenvalue weighted by atomic mass is 35.5. The van der Waals surface area contributed by atoms with Crippen LogP contribution in [0, 0.1) is 0 Å². The van der Waals surface area contributed by atoms with Gasteiger partial charge in [-0.25, -0.2) is 0 Å². The first-order valence-electron chi connectivity index (χ1n) is 5.47. The van der Waals surface area contributed by atoms with Crippen molar-refractivity contribution in [1.29, 1.82) is 0 Å². The second-order valence-corrected chi connectivity index (χ2v) is 4.25. The largest absolute Gasteiger partial charge is 0.454 e.